The molecule has 2 N–H and O–H groups in total. The van der Waals surface area contributed by atoms with Gasteiger partial charge in [0.1, 0.15) is 5.60 Å². The van der Waals surface area contributed by atoms with E-state index in [-0.39, 0.29) is 6.09 Å². The van der Waals surface area contributed by atoms with Crippen LogP contribution >= 0.6 is 0 Å². The third kappa shape index (κ3) is 5.71. The summed E-state index contributed by atoms with van der Waals surface area (Å²) >= 11 is 0. The van der Waals surface area contributed by atoms with Gasteiger partial charge in [-0.05, 0) is 39.5 Å². The first-order chi connectivity index (χ1) is 8.28. The average Bonchev–Trinajstić information content (AvgIpc) is 2.58. The molecular formula is C14H28N2O2. The second-order valence-electron chi connectivity index (χ2n) is 6.50. The van der Waals surface area contributed by atoms with Crippen LogP contribution in [-0.4, -0.2) is 30.3 Å². The van der Waals surface area contributed by atoms with Gasteiger partial charge in [0.25, 0.3) is 0 Å². The second-order valence-corrected chi connectivity index (χ2v) is 6.50. The fraction of sp³-hybridized carbons (Fsp3) is 0.929. The summed E-state index contributed by atoms with van der Waals surface area (Å²) in [6.07, 6.45) is 3.32. The van der Waals surface area contributed by atoms with Crippen molar-refractivity contribution in [3.8, 4) is 0 Å². The first-order valence-corrected chi connectivity index (χ1v) is 7.01. The normalized spacial score (nSPS) is 24.3. The molecule has 2 unspecified atom stereocenters. The number of ether oxygens (including phenoxy) is 1. The van der Waals surface area contributed by atoms with Crippen molar-refractivity contribution >= 4 is 6.09 Å². The molecule has 106 valence electrons. The fourth-order valence-electron chi connectivity index (χ4n) is 2.46. The van der Waals surface area contributed by atoms with E-state index in [2.05, 4.69) is 24.5 Å². The van der Waals surface area contributed by atoms with Crippen LogP contribution in [0.15, 0.2) is 0 Å². The molecule has 4 heteroatoms. The van der Waals surface area contributed by atoms with E-state index >= 15 is 0 Å². The van der Waals surface area contributed by atoms with Gasteiger partial charge in [0.05, 0.1) is 0 Å². The van der Waals surface area contributed by atoms with Crippen LogP contribution in [0.1, 0.15) is 53.9 Å². The van der Waals surface area contributed by atoms with Gasteiger partial charge in [-0.25, -0.2) is 4.79 Å². The summed E-state index contributed by atoms with van der Waals surface area (Å²) in [6, 6.07) is 1.03. The Kier molecular flexibility index (Phi) is 5.45. The monoisotopic (exact) mass is 256 g/mol. The lowest BCUT2D eigenvalue weighted by molar-refractivity contribution is 0.0517. The van der Waals surface area contributed by atoms with Gasteiger partial charge in [0.2, 0.25) is 0 Å². The predicted molar refractivity (Wildman–Crippen MR) is 73.6 cm³/mol. The maximum absolute atomic E-state index is 11.6. The van der Waals surface area contributed by atoms with Gasteiger partial charge in [-0.3, -0.25) is 0 Å². The molecule has 1 aliphatic carbocycles. The lowest BCUT2D eigenvalue weighted by Gasteiger charge is -2.25. The molecule has 4 nitrogen and oxygen atoms in total. The third-order valence-corrected chi connectivity index (χ3v) is 3.11. The maximum Gasteiger partial charge on any atom is 0.407 e. The smallest absolute Gasteiger partial charge is 0.407 e. The highest BCUT2D eigenvalue weighted by molar-refractivity contribution is 5.67. The van der Waals surface area contributed by atoms with Crippen molar-refractivity contribution in [2.45, 2.75) is 71.6 Å². The van der Waals surface area contributed by atoms with Crippen LogP contribution in [0.3, 0.4) is 0 Å². The van der Waals surface area contributed by atoms with Crippen LogP contribution in [0, 0.1) is 5.92 Å². The Bertz CT molecular complexity index is 271. The zero-order valence-electron chi connectivity index (χ0n) is 12.4. The Labute approximate surface area is 111 Å². The Balaban J connectivity index is 2.31. The largest absolute Gasteiger partial charge is 0.444 e. The summed E-state index contributed by atoms with van der Waals surface area (Å²) in [6.45, 7) is 10.7. The number of nitrogens with one attached hydrogen (secondary N) is 2. The summed E-state index contributed by atoms with van der Waals surface area (Å²) in [5, 5.41) is 6.45. The van der Waals surface area contributed by atoms with Gasteiger partial charge < -0.3 is 15.4 Å². The minimum absolute atomic E-state index is 0.308. The molecule has 18 heavy (non-hydrogen) atoms. The molecule has 0 spiro atoms. The highest BCUT2D eigenvalue weighted by Crippen LogP contribution is 2.25. The van der Waals surface area contributed by atoms with Gasteiger partial charge in [-0.2, -0.15) is 0 Å². The van der Waals surface area contributed by atoms with E-state index < -0.39 is 5.60 Å². The quantitative estimate of drug-likeness (QED) is 0.813. The topological polar surface area (TPSA) is 50.4 Å². The minimum atomic E-state index is -0.421. The van der Waals surface area contributed by atoms with Crippen molar-refractivity contribution in [2.24, 2.45) is 5.92 Å². The van der Waals surface area contributed by atoms with Crippen LogP contribution in [0.4, 0.5) is 4.79 Å². The van der Waals surface area contributed by atoms with E-state index in [9.17, 15) is 4.79 Å². The Morgan fingerprint density at radius 2 is 2.00 bits per heavy atom. The van der Waals surface area contributed by atoms with Crippen LogP contribution < -0.4 is 10.6 Å². The molecule has 0 radical (unpaired) electrons. The number of carbonyl (C=O) groups excluding carboxylic acids is 1. The van der Waals surface area contributed by atoms with Crippen molar-refractivity contribution in [1.29, 1.82) is 0 Å². The van der Waals surface area contributed by atoms with E-state index in [1.165, 1.54) is 19.3 Å². The van der Waals surface area contributed by atoms with Gasteiger partial charge in [-0.15, -0.1) is 0 Å². The van der Waals surface area contributed by atoms with E-state index in [4.69, 9.17) is 4.74 Å². The summed E-state index contributed by atoms with van der Waals surface area (Å²) in [7, 11) is 0. The second kappa shape index (κ2) is 6.41. The number of hydrogen-bond acceptors (Lipinski definition) is 3. The lowest BCUT2D eigenvalue weighted by Crippen LogP contribution is -2.43. The fourth-order valence-corrected chi connectivity index (χ4v) is 2.46. The summed E-state index contributed by atoms with van der Waals surface area (Å²) in [5.74, 6) is 0.528. The van der Waals surface area contributed by atoms with E-state index in [0.717, 1.165) is 0 Å². The molecule has 1 fully saturated rings. The molecule has 0 aromatic carbocycles. The molecule has 1 saturated carbocycles. The van der Waals surface area contributed by atoms with Crippen molar-refractivity contribution in [2.75, 3.05) is 6.54 Å². The molecular weight excluding hydrogens is 228 g/mol. The average molecular weight is 256 g/mol. The van der Waals surface area contributed by atoms with Crippen LogP contribution in [0.2, 0.25) is 0 Å². The molecule has 1 aliphatic rings. The Morgan fingerprint density at radius 3 is 2.56 bits per heavy atom. The Morgan fingerprint density at radius 1 is 1.33 bits per heavy atom. The van der Waals surface area contributed by atoms with Gasteiger partial charge >= 0.3 is 6.09 Å². The SMILES string of the molecule is CC(C)NC1CCCC1CNC(=O)OC(C)(C)C. The molecule has 2 atom stereocenters. The minimum Gasteiger partial charge on any atom is -0.444 e. The molecule has 0 aromatic rings. The van der Waals surface area contributed by atoms with Crippen LogP contribution in [0.25, 0.3) is 0 Å². The molecule has 0 heterocycles. The number of rotatable bonds is 4. The first kappa shape index (κ1) is 15.3. The van der Waals surface area contributed by atoms with E-state index in [1.807, 2.05) is 20.8 Å². The molecule has 0 bridgehead atoms. The van der Waals surface area contributed by atoms with Gasteiger partial charge in [-0.1, -0.05) is 20.3 Å². The molecule has 1 amide bonds. The molecule has 0 aliphatic heterocycles. The van der Waals surface area contributed by atoms with Crippen molar-refractivity contribution in [1.82, 2.24) is 10.6 Å². The summed E-state index contributed by atoms with van der Waals surface area (Å²) < 4.78 is 5.24. The third-order valence-electron chi connectivity index (χ3n) is 3.11. The standard InChI is InChI=1S/C14H28N2O2/c1-10(2)16-12-8-6-7-11(12)9-15-13(17)18-14(3,4)5/h10-12,16H,6-9H2,1-5H3,(H,15,17). The molecule has 0 aromatic heterocycles. The Hall–Kier alpha value is -0.770. The maximum atomic E-state index is 11.6. The zero-order valence-corrected chi connectivity index (χ0v) is 12.4. The number of hydrogen-bond donors (Lipinski definition) is 2. The highest BCUT2D eigenvalue weighted by atomic mass is 16.6. The van der Waals surface area contributed by atoms with Crippen molar-refractivity contribution in [3.63, 3.8) is 0 Å². The van der Waals surface area contributed by atoms with E-state index in [1.54, 1.807) is 0 Å². The highest BCUT2D eigenvalue weighted by Gasteiger charge is 2.28. The summed E-state index contributed by atoms with van der Waals surface area (Å²) in [4.78, 5) is 11.6. The van der Waals surface area contributed by atoms with Gasteiger partial charge in [0.15, 0.2) is 0 Å². The lowest BCUT2D eigenvalue weighted by atomic mass is 10.0. The number of carbonyl (C=O) groups is 1. The zero-order chi connectivity index (χ0) is 13.8. The summed E-state index contributed by atoms with van der Waals surface area (Å²) in [5.41, 5.74) is -0.421. The number of amides is 1. The van der Waals surface area contributed by atoms with Crippen LogP contribution in [-0.2, 0) is 4.74 Å². The van der Waals surface area contributed by atoms with E-state index in [0.29, 0.717) is 24.5 Å². The van der Waals surface area contributed by atoms with Crippen molar-refractivity contribution < 1.29 is 9.53 Å². The van der Waals surface area contributed by atoms with Crippen molar-refractivity contribution in [3.05, 3.63) is 0 Å². The predicted octanol–water partition coefficient (Wildman–Crippen LogP) is 2.68. The molecule has 0 saturated heterocycles. The molecule has 1 rings (SSSR count). The number of alkyl carbamates (subject to hydrolysis) is 1. The van der Waals surface area contributed by atoms with Crippen LogP contribution in [0.5, 0.6) is 0 Å². The van der Waals surface area contributed by atoms with Gasteiger partial charge in [0, 0.05) is 18.6 Å². The first-order valence-electron chi connectivity index (χ1n) is 7.01.